The molecule has 0 N–H and O–H groups in total. The average molecular weight is 329 g/mol. The molecular formula is C17H20BNO5. The fourth-order valence-electron chi connectivity index (χ4n) is 2.80. The topological polar surface area (TPSA) is 74.7 Å². The number of hydrogen-bond donors (Lipinski definition) is 0. The molecular weight excluding hydrogens is 309 g/mol. The Bertz CT molecular complexity index is 767. The van der Waals surface area contributed by atoms with Crippen LogP contribution >= 0.6 is 0 Å². The maximum Gasteiger partial charge on any atom is 0.495 e. The Balaban J connectivity index is 2.08. The first-order chi connectivity index (χ1) is 11.1. The third-order valence-corrected chi connectivity index (χ3v) is 4.83. The lowest BCUT2D eigenvalue weighted by molar-refractivity contribution is -0.384. The van der Waals surface area contributed by atoms with Crippen molar-refractivity contribution in [1.29, 1.82) is 0 Å². The van der Waals surface area contributed by atoms with Crippen LogP contribution in [0.1, 0.15) is 33.3 Å². The maximum absolute atomic E-state index is 11.6. The summed E-state index contributed by atoms with van der Waals surface area (Å²) in [7, 11) is -0.641. The zero-order valence-corrected chi connectivity index (χ0v) is 14.5. The van der Waals surface area contributed by atoms with Gasteiger partial charge in [-0.3, -0.25) is 10.1 Å². The van der Waals surface area contributed by atoms with E-state index in [9.17, 15) is 10.1 Å². The molecule has 0 atom stereocenters. The summed E-state index contributed by atoms with van der Waals surface area (Å²) in [6.45, 7) is 9.62. The molecule has 2 heterocycles. The van der Waals surface area contributed by atoms with E-state index < -0.39 is 23.2 Å². The van der Waals surface area contributed by atoms with E-state index in [1.54, 1.807) is 12.1 Å². The minimum Gasteiger partial charge on any atom is -0.464 e. The SMILES string of the molecule is Cc1cc(B2OC(C)(C)C(C)(C)O2)cc([N+](=O)[O-])c1-c1ccco1. The van der Waals surface area contributed by atoms with E-state index in [0.29, 0.717) is 16.8 Å². The first-order valence-corrected chi connectivity index (χ1v) is 7.81. The standard InChI is InChI=1S/C17H20BNO5/c1-11-9-12(18-23-16(2,3)17(4,5)24-18)10-13(19(20)21)15(11)14-7-6-8-22-14/h6-10H,1-5H3. The van der Waals surface area contributed by atoms with Gasteiger partial charge in [-0.1, -0.05) is 6.07 Å². The average Bonchev–Trinajstić information content (AvgIpc) is 3.04. The summed E-state index contributed by atoms with van der Waals surface area (Å²) in [5.74, 6) is 0.472. The molecule has 1 saturated heterocycles. The molecule has 1 aliphatic rings. The molecule has 0 aliphatic carbocycles. The van der Waals surface area contributed by atoms with Crippen molar-refractivity contribution < 1.29 is 18.6 Å². The molecule has 1 aromatic carbocycles. The first kappa shape index (κ1) is 16.7. The quantitative estimate of drug-likeness (QED) is 0.490. The van der Waals surface area contributed by atoms with E-state index in [1.165, 1.54) is 12.3 Å². The second-order valence-electron chi connectivity index (χ2n) is 7.05. The highest BCUT2D eigenvalue weighted by atomic mass is 16.7. The molecule has 1 fully saturated rings. The summed E-state index contributed by atoms with van der Waals surface area (Å²) < 4.78 is 17.4. The molecule has 0 saturated carbocycles. The normalized spacial score (nSPS) is 18.8. The van der Waals surface area contributed by atoms with Gasteiger partial charge in [0, 0.05) is 6.07 Å². The molecule has 2 aromatic rings. The zero-order valence-electron chi connectivity index (χ0n) is 14.5. The Morgan fingerprint density at radius 3 is 2.25 bits per heavy atom. The van der Waals surface area contributed by atoms with Crippen LogP contribution in [0.3, 0.4) is 0 Å². The summed E-state index contributed by atoms with van der Waals surface area (Å²) in [4.78, 5) is 11.2. The summed E-state index contributed by atoms with van der Waals surface area (Å²) in [5.41, 5.74) is 0.831. The van der Waals surface area contributed by atoms with Gasteiger partial charge in [0.1, 0.15) is 5.76 Å². The number of furan rings is 1. The van der Waals surface area contributed by atoms with Gasteiger partial charge in [0.25, 0.3) is 5.69 Å². The summed E-state index contributed by atoms with van der Waals surface area (Å²) in [6.07, 6.45) is 1.50. The van der Waals surface area contributed by atoms with Crippen molar-refractivity contribution in [3.63, 3.8) is 0 Å². The molecule has 7 heteroatoms. The van der Waals surface area contributed by atoms with Crippen LogP contribution in [0.4, 0.5) is 5.69 Å². The fraction of sp³-hybridized carbons (Fsp3) is 0.412. The molecule has 1 aliphatic heterocycles. The first-order valence-electron chi connectivity index (χ1n) is 7.81. The van der Waals surface area contributed by atoms with Gasteiger partial charge in [0.2, 0.25) is 0 Å². The molecule has 0 unspecified atom stereocenters. The van der Waals surface area contributed by atoms with Crippen LogP contribution in [0.25, 0.3) is 11.3 Å². The Morgan fingerprint density at radius 1 is 1.12 bits per heavy atom. The third kappa shape index (κ3) is 2.63. The molecule has 1 aromatic heterocycles. The van der Waals surface area contributed by atoms with Crippen molar-refractivity contribution in [3.05, 3.63) is 46.2 Å². The summed E-state index contributed by atoms with van der Waals surface area (Å²) in [5, 5.41) is 11.6. The molecule has 24 heavy (non-hydrogen) atoms. The Labute approximate surface area is 141 Å². The van der Waals surface area contributed by atoms with Crippen LogP contribution in [0.5, 0.6) is 0 Å². The smallest absolute Gasteiger partial charge is 0.464 e. The van der Waals surface area contributed by atoms with Gasteiger partial charge in [0.05, 0.1) is 28.0 Å². The number of aryl methyl sites for hydroxylation is 1. The molecule has 3 rings (SSSR count). The highest BCUT2D eigenvalue weighted by molar-refractivity contribution is 6.62. The van der Waals surface area contributed by atoms with E-state index in [2.05, 4.69) is 0 Å². The number of benzene rings is 1. The Hall–Kier alpha value is -2.12. The van der Waals surface area contributed by atoms with Gasteiger partial charge in [-0.2, -0.15) is 0 Å². The van der Waals surface area contributed by atoms with Gasteiger partial charge < -0.3 is 13.7 Å². The van der Waals surface area contributed by atoms with Crippen LogP contribution in [-0.4, -0.2) is 23.2 Å². The number of rotatable bonds is 3. The van der Waals surface area contributed by atoms with Crippen molar-refractivity contribution in [2.45, 2.75) is 45.8 Å². The second-order valence-corrected chi connectivity index (χ2v) is 7.05. The van der Waals surface area contributed by atoms with Crippen LogP contribution in [-0.2, 0) is 9.31 Å². The van der Waals surface area contributed by atoms with E-state index in [4.69, 9.17) is 13.7 Å². The summed E-state index contributed by atoms with van der Waals surface area (Å²) in [6, 6.07) is 6.78. The van der Waals surface area contributed by atoms with Crippen molar-refractivity contribution in [1.82, 2.24) is 0 Å². The molecule has 0 spiro atoms. The lowest BCUT2D eigenvalue weighted by atomic mass is 9.77. The summed E-state index contributed by atoms with van der Waals surface area (Å²) >= 11 is 0. The van der Waals surface area contributed by atoms with E-state index in [0.717, 1.165) is 5.56 Å². The number of hydrogen-bond acceptors (Lipinski definition) is 5. The molecule has 0 amide bonds. The minimum atomic E-state index is -0.641. The van der Waals surface area contributed by atoms with Gasteiger partial charge in [-0.15, -0.1) is 0 Å². The van der Waals surface area contributed by atoms with Crippen LogP contribution in [0.2, 0.25) is 0 Å². The lowest BCUT2D eigenvalue weighted by Gasteiger charge is -2.32. The van der Waals surface area contributed by atoms with Gasteiger partial charge in [0.15, 0.2) is 0 Å². The predicted molar refractivity (Wildman–Crippen MR) is 91.3 cm³/mol. The van der Waals surface area contributed by atoms with Crippen molar-refractivity contribution >= 4 is 18.3 Å². The van der Waals surface area contributed by atoms with Crippen molar-refractivity contribution in [2.75, 3.05) is 0 Å². The van der Waals surface area contributed by atoms with Gasteiger partial charge in [-0.05, 0) is 57.8 Å². The van der Waals surface area contributed by atoms with Crippen molar-refractivity contribution in [2.24, 2.45) is 0 Å². The van der Waals surface area contributed by atoms with Gasteiger partial charge >= 0.3 is 7.12 Å². The molecule has 126 valence electrons. The fourth-order valence-corrected chi connectivity index (χ4v) is 2.80. The van der Waals surface area contributed by atoms with E-state index >= 15 is 0 Å². The zero-order chi connectivity index (χ0) is 17.7. The van der Waals surface area contributed by atoms with Crippen LogP contribution in [0.15, 0.2) is 34.9 Å². The highest BCUT2D eigenvalue weighted by Gasteiger charge is 2.52. The van der Waals surface area contributed by atoms with E-state index in [-0.39, 0.29) is 5.69 Å². The lowest BCUT2D eigenvalue weighted by Crippen LogP contribution is -2.41. The second kappa shape index (κ2) is 5.46. The number of nitrogens with zero attached hydrogens (tertiary/aromatic N) is 1. The largest absolute Gasteiger partial charge is 0.495 e. The predicted octanol–water partition coefficient (Wildman–Crippen LogP) is 3.46. The van der Waals surface area contributed by atoms with Crippen LogP contribution < -0.4 is 5.46 Å². The van der Waals surface area contributed by atoms with Gasteiger partial charge in [-0.25, -0.2) is 0 Å². The molecule has 6 nitrogen and oxygen atoms in total. The monoisotopic (exact) mass is 329 g/mol. The molecule has 0 bridgehead atoms. The van der Waals surface area contributed by atoms with Crippen molar-refractivity contribution in [3.8, 4) is 11.3 Å². The molecule has 0 radical (unpaired) electrons. The maximum atomic E-state index is 11.6. The minimum absolute atomic E-state index is 0.0188. The number of nitro groups is 1. The third-order valence-electron chi connectivity index (χ3n) is 4.83. The number of nitro benzene ring substituents is 1. The highest BCUT2D eigenvalue weighted by Crippen LogP contribution is 2.38. The Kier molecular flexibility index (Phi) is 3.81. The Morgan fingerprint density at radius 2 is 1.75 bits per heavy atom. The van der Waals surface area contributed by atoms with E-state index in [1.807, 2.05) is 40.7 Å². The van der Waals surface area contributed by atoms with Crippen LogP contribution in [0, 0.1) is 17.0 Å².